The topological polar surface area (TPSA) is 68.9 Å². The van der Waals surface area contributed by atoms with Gasteiger partial charge >= 0.3 is 0 Å². The first kappa shape index (κ1) is 13.1. The molecule has 0 amide bonds. The van der Waals surface area contributed by atoms with Crippen molar-refractivity contribution in [1.82, 2.24) is 26.1 Å². The number of nitrogens with zero attached hydrogens (tertiary/aromatic N) is 3. The number of rotatable bonds is 2. The smallest absolute Gasteiger partial charge is 0.102 e. The lowest BCUT2D eigenvalue weighted by Crippen LogP contribution is -2.35. The molecule has 0 radical (unpaired) electrons. The number of anilines is 1. The summed E-state index contributed by atoms with van der Waals surface area (Å²) in [6.45, 7) is 0. The van der Waals surface area contributed by atoms with Gasteiger partial charge in [-0.15, -0.1) is 5.53 Å². The molecule has 4 aromatic rings. The first-order chi connectivity index (χ1) is 11.9. The standard InChI is InChI=1S/C18H14N6/c1-2-4-16-12(3-1)9-13(11-19-16)18-15-10-14(24-8-7-20-23-24)5-6-17(15)21-22-18/h1-11,20,23H,(H,21,22). The van der Waals surface area contributed by atoms with Crippen LogP contribution in [0, 0.1) is 0 Å². The zero-order valence-corrected chi connectivity index (χ0v) is 12.7. The summed E-state index contributed by atoms with van der Waals surface area (Å²) in [7, 11) is 0. The van der Waals surface area contributed by atoms with Crippen LogP contribution in [0.1, 0.15) is 0 Å². The van der Waals surface area contributed by atoms with Gasteiger partial charge in [-0.05, 0) is 30.3 Å². The quantitative estimate of drug-likeness (QED) is 0.530. The van der Waals surface area contributed by atoms with Crippen LogP contribution in [0.4, 0.5) is 5.69 Å². The van der Waals surface area contributed by atoms with E-state index in [0.29, 0.717) is 0 Å². The maximum atomic E-state index is 4.55. The Morgan fingerprint density at radius 2 is 1.96 bits per heavy atom. The van der Waals surface area contributed by atoms with Gasteiger partial charge in [-0.2, -0.15) is 5.10 Å². The Morgan fingerprint density at radius 3 is 2.88 bits per heavy atom. The van der Waals surface area contributed by atoms with E-state index in [-0.39, 0.29) is 0 Å². The molecule has 1 aliphatic rings. The molecule has 2 aromatic heterocycles. The summed E-state index contributed by atoms with van der Waals surface area (Å²) < 4.78 is 0. The van der Waals surface area contributed by atoms with Crippen molar-refractivity contribution in [2.45, 2.75) is 0 Å². The molecule has 6 heteroatoms. The molecule has 0 saturated heterocycles. The van der Waals surface area contributed by atoms with Crippen molar-refractivity contribution in [1.29, 1.82) is 0 Å². The van der Waals surface area contributed by atoms with Crippen LogP contribution in [0.3, 0.4) is 0 Å². The maximum absolute atomic E-state index is 4.55. The molecule has 0 aliphatic carbocycles. The van der Waals surface area contributed by atoms with Crippen LogP contribution in [0.25, 0.3) is 33.1 Å². The van der Waals surface area contributed by atoms with Crippen LogP contribution >= 0.6 is 0 Å². The Morgan fingerprint density at radius 1 is 1.00 bits per heavy atom. The SMILES string of the molecule is C1=CN(c2ccc3[nH]nc(-c4cnc5ccccc5c4)c3c2)NN1. The number of fused-ring (bicyclic) bond motifs is 2. The van der Waals surface area contributed by atoms with Gasteiger partial charge in [0.25, 0.3) is 0 Å². The van der Waals surface area contributed by atoms with E-state index in [1.54, 1.807) is 0 Å². The number of aromatic nitrogens is 3. The Bertz CT molecular complexity index is 1080. The highest BCUT2D eigenvalue weighted by atomic mass is 15.7. The van der Waals surface area contributed by atoms with Crippen molar-refractivity contribution in [3.63, 3.8) is 0 Å². The minimum Gasteiger partial charge on any atom is -0.309 e. The number of aromatic amines is 1. The minimum atomic E-state index is 0.904. The van der Waals surface area contributed by atoms with E-state index in [9.17, 15) is 0 Å². The second-order valence-electron chi connectivity index (χ2n) is 5.66. The van der Waals surface area contributed by atoms with Gasteiger partial charge in [-0.25, -0.2) is 0 Å². The van der Waals surface area contributed by atoms with Gasteiger partial charge in [0.05, 0.1) is 16.7 Å². The van der Waals surface area contributed by atoms with Crippen molar-refractivity contribution in [3.8, 4) is 11.3 Å². The average molecular weight is 314 g/mol. The molecular weight excluding hydrogens is 300 g/mol. The lowest BCUT2D eigenvalue weighted by atomic mass is 10.1. The molecule has 0 atom stereocenters. The molecule has 3 heterocycles. The van der Waals surface area contributed by atoms with Gasteiger partial charge in [-0.1, -0.05) is 18.2 Å². The van der Waals surface area contributed by atoms with E-state index in [0.717, 1.165) is 38.8 Å². The number of hydrogen-bond acceptors (Lipinski definition) is 5. The first-order valence-electron chi connectivity index (χ1n) is 7.69. The van der Waals surface area contributed by atoms with Crippen LogP contribution in [-0.2, 0) is 0 Å². The average Bonchev–Trinajstić information content (AvgIpc) is 3.30. The summed E-state index contributed by atoms with van der Waals surface area (Å²) in [5, 5.41) is 11.7. The summed E-state index contributed by atoms with van der Waals surface area (Å²) >= 11 is 0. The van der Waals surface area contributed by atoms with Crippen molar-refractivity contribution in [3.05, 3.63) is 67.1 Å². The second-order valence-corrected chi connectivity index (χ2v) is 5.66. The van der Waals surface area contributed by atoms with E-state index >= 15 is 0 Å². The molecule has 0 fully saturated rings. The number of pyridine rings is 1. The maximum Gasteiger partial charge on any atom is 0.102 e. The largest absolute Gasteiger partial charge is 0.309 e. The van der Waals surface area contributed by atoms with Crippen LogP contribution in [0.5, 0.6) is 0 Å². The molecule has 2 aromatic carbocycles. The van der Waals surface area contributed by atoms with Crippen molar-refractivity contribution >= 4 is 27.5 Å². The molecule has 6 nitrogen and oxygen atoms in total. The van der Waals surface area contributed by atoms with Gasteiger partial charge in [0.2, 0.25) is 0 Å². The number of benzene rings is 2. The first-order valence-corrected chi connectivity index (χ1v) is 7.69. The summed E-state index contributed by atoms with van der Waals surface area (Å²) in [5.41, 5.74) is 10.9. The Balaban J connectivity index is 1.67. The van der Waals surface area contributed by atoms with Crippen LogP contribution < -0.4 is 16.0 Å². The van der Waals surface area contributed by atoms with Crippen LogP contribution in [-0.4, -0.2) is 15.2 Å². The number of hydrogen-bond donors (Lipinski definition) is 3. The predicted molar refractivity (Wildman–Crippen MR) is 94.7 cm³/mol. The molecular formula is C18H14N6. The van der Waals surface area contributed by atoms with Gasteiger partial charge in [0.15, 0.2) is 0 Å². The fourth-order valence-corrected chi connectivity index (χ4v) is 2.98. The summed E-state index contributed by atoms with van der Waals surface area (Å²) in [6.07, 6.45) is 5.65. The molecule has 0 saturated carbocycles. The third kappa shape index (κ3) is 2.01. The summed E-state index contributed by atoms with van der Waals surface area (Å²) in [5.74, 6) is 0. The highest BCUT2D eigenvalue weighted by Gasteiger charge is 2.13. The molecule has 3 N–H and O–H groups in total. The normalized spacial score (nSPS) is 13.8. The molecule has 24 heavy (non-hydrogen) atoms. The molecule has 116 valence electrons. The zero-order chi connectivity index (χ0) is 15.9. The van der Waals surface area contributed by atoms with Gasteiger partial charge in [-0.3, -0.25) is 15.1 Å². The van der Waals surface area contributed by atoms with Crippen molar-refractivity contribution < 1.29 is 0 Å². The third-order valence-electron chi connectivity index (χ3n) is 4.18. The van der Waals surface area contributed by atoms with Gasteiger partial charge in [0.1, 0.15) is 5.69 Å². The van der Waals surface area contributed by atoms with Gasteiger partial charge < -0.3 is 5.43 Å². The van der Waals surface area contributed by atoms with Crippen molar-refractivity contribution in [2.24, 2.45) is 0 Å². The van der Waals surface area contributed by atoms with E-state index in [2.05, 4.69) is 44.3 Å². The highest BCUT2D eigenvalue weighted by molar-refractivity contribution is 5.96. The van der Waals surface area contributed by atoms with Crippen LogP contribution in [0.2, 0.25) is 0 Å². The molecule has 0 bridgehead atoms. The number of H-pyrrole nitrogens is 1. The second kappa shape index (κ2) is 5.07. The zero-order valence-electron chi connectivity index (χ0n) is 12.7. The van der Waals surface area contributed by atoms with Gasteiger partial charge in [0, 0.05) is 34.9 Å². The third-order valence-corrected chi connectivity index (χ3v) is 4.18. The highest BCUT2D eigenvalue weighted by Crippen LogP contribution is 2.30. The summed E-state index contributed by atoms with van der Waals surface area (Å²) in [4.78, 5) is 4.55. The molecule has 0 spiro atoms. The molecule has 1 aliphatic heterocycles. The minimum absolute atomic E-state index is 0.904. The number of hydrazine groups is 2. The number of nitrogens with one attached hydrogen (secondary N) is 3. The van der Waals surface area contributed by atoms with E-state index in [1.165, 1.54) is 0 Å². The molecule has 0 unspecified atom stereocenters. The Kier molecular flexibility index (Phi) is 2.77. The lowest BCUT2D eigenvalue weighted by molar-refractivity contribution is 0.680. The monoisotopic (exact) mass is 314 g/mol. The lowest BCUT2D eigenvalue weighted by Gasteiger charge is -2.15. The Hall–Kier alpha value is -3.38. The fourth-order valence-electron chi connectivity index (χ4n) is 2.98. The fraction of sp³-hybridized carbons (Fsp3) is 0. The Labute approximate surface area is 137 Å². The van der Waals surface area contributed by atoms with Crippen molar-refractivity contribution in [2.75, 3.05) is 5.01 Å². The van der Waals surface area contributed by atoms with E-state index in [1.807, 2.05) is 53.9 Å². The number of para-hydroxylation sites is 1. The van der Waals surface area contributed by atoms with Crippen LogP contribution in [0.15, 0.2) is 67.1 Å². The van der Waals surface area contributed by atoms with E-state index in [4.69, 9.17) is 0 Å². The predicted octanol–water partition coefficient (Wildman–Crippen LogP) is 3.08. The van der Waals surface area contributed by atoms with E-state index < -0.39 is 0 Å². The molecule has 5 rings (SSSR count). The summed E-state index contributed by atoms with van der Waals surface area (Å²) in [6, 6.07) is 16.4.